The van der Waals surface area contributed by atoms with Crippen molar-refractivity contribution >= 4 is 11.8 Å². The van der Waals surface area contributed by atoms with Crippen molar-refractivity contribution in [2.45, 2.75) is 19.8 Å². The Bertz CT molecular complexity index is 94.9. The second-order valence-corrected chi connectivity index (χ2v) is 3.18. The Balaban J connectivity index is 2.89. The molecule has 0 aromatic heterocycles. The van der Waals surface area contributed by atoms with Crippen LogP contribution >= 0.6 is 11.8 Å². The smallest absolute Gasteiger partial charge is 0.0110 e. The van der Waals surface area contributed by atoms with Gasteiger partial charge in [0.25, 0.3) is 0 Å². The van der Waals surface area contributed by atoms with Gasteiger partial charge in [0.15, 0.2) is 0 Å². The summed E-state index contributed by atoms with van der Waals surface area (Å²) in [4.78, 5) is 0. The minimum absolute atomic E-state index is 1.08. The molecule has 0 atom stereocenters. The highest BCUT2D eigenvalue weighted by atomic mass is 32.2. The lowest BCUT2D eigenvalue weighted by molar-refractivity contribution is 1.16. The van der Waals surface area contributed by atoms with E-state index in [0.29, 0.717) is 0 Å². The van der Waals surface area contributed by atoms with Gasteiger partial charge in [0, 0.05) is 5.75 Å². The van der Waals surface area contributed by atoms with Gasteiger partial charge in [-0.3, -0.25) is 0 Å². The highest BCUT2D eigenvalue weighted by Crippen LogP contribution is 2.02. The van der Waals surface area contributed by atoms with Gasteiger partial charge in [-0.1, -0.05) is 25.2 Å². The van der Waals surface area contributed by atoms with Gasteiger partial charge >= 0.3 is 0 Å². The van der Waals surface area contributed by atoms with Crippen molar-refractivity contribution in [1.29, 1.82) is 0 Å². The third-order valence-electron chi connectivity index (χ3n) is 1.07. The van der Waals surface area contributed by atoms with E-state index < -0.39 is 0 Å². The van der Waals surface area contributed by atoms with Crippen LogP contribution in [0.5, 0.6) is 0 Å². The summed E-state index contributed by atoms with van der Waals surface area (Å²) >= 11 is 1.93. The van der Waals surface area contributed by atoms with E-state index in [1.807, 2.05) is 17.8 Å². The second-order valence-electron chi connectivity index (χ2n) is 2.03. The van der Waals surface area contributed by atoms with Crippen LogP contribution in [-0.2, 0) is 0 Å². The molecule has 0 amide bonds. The number of hydrogen-bond acceptors (Lipinski definition) is 1. The molecule has 0 aromatic rings. The van der Waals surface area contributed by atoms with Crippen molar-refractivity contribution in [3.63, 3.8) is 0 Å². The topological polar surface area (TPSA) is 0 Å². The summed E-state index contributed by atoms with van der Waals surface area (Å²) in [5.41, 5.74) is 0. The third kappa shape index (κ3) is 7.83. The van der Waals surface area contributed by atoms with Crippen molar-refractivity contribution in [3.8, 4) is 0 Å². The zero-order chi connectivity index (χ0) is 7.66. The van der Waals surface area contributed by atoms with Crippen molar-refractivity contribution in [1.82, 2.24) is 0 Å². The van der Waals surface area contributed by atoms with Gasteiger partial charge in [0.2, 0.25) is 0 Å². The highest BCUT2D eigenvalue weighted by molar-refractivity contribution is 7.99. The van der Waals surface area contributed by atoms with Crippen molar-refractivity contribution < 1.29 is 0 Å². The molecule has 0 bridgehead atoms. The summed E-state index contributed by atoms with van der Waals surface area (Å²) in [6.45, 7) is 5.82. The molecule has 58 valence electrons. The van der Waals surface area contributed by atoms with Gasteiger partial charge in [0.1, 0.15) is 0 Å². The van der Waals surface area contributed by atoms with E-state index in [1.165, 1.54) is 12.2 Å². The lowest BCUT2D eigenvalue weighted by Gasteiger charge is -1.91. The van der Waals surface area contributed by atoms with Crippen LogP contribution < -0.4 is 0 Å². The quantitative estimate of drug-likeness (QED) is 0.420. The average molecular weight is 156 g/mol. The van der Waals surface area contributed by atoms with E-state index in [2.05, 4.69) is 25.7 Å². The van der Waals surface area contributed by atoms with Crippen LogP contribution in [0.25, 0.3) is 0 Å². The Morgan fingerprint density at radius 2 is 2.20 bits per heavy atom. The summed E-state index contributed by atoms with van der Waals surface area (Å²) in [5.74, 6) is 2.31. The SMILES string of the molecule is C=CCSCC/C=C/CC. The monoisotopic (exact) mass is 156 g/mol. The minimum atomic E-state index is 1.08. The van der Waals surface area contributed by atoms with Gasteiger partial charge in [-0.2, -0.15) is 11.8 Å². The first-order chi connectivity index (χ1) is 4.91. The van der Waals surface area contributed by atoms with E-state index >= 15 is 0 Å². The number of hydrogen-bond donors (Lipinski definition) is 0. The molecule has 0 spiro atoms. The highest BCUT2D eigenvalue weighted by Gasteiger charge is 1.80. The predicted octanol–water partition coefficient (Wildman–Crippen LogP) is 3.26. The Morgan fingerprint density at radius 1 is 1.40 bits per heavy atom. The summed E-state index contributed by atoms with van der Waals surface area (Å²) < 4.78 is 0. The van der Waals surface area contributed by atoms with Gasteiger partial charge in [0.05, 0.1) is 0 Å². The number of rotatable bonds is 6. The summed E-state index contributed by atoms with van der Waals surface area (Å²) in [6, 6.07) is 0. The molecule has 0 fully saturated rings. The molecule has 0 unspecified atom stereocenters. The molecule has 0 rings (SSSR count). The van der Waals surface area contributed by atoms with Crippen LogP contribution in [0, 0.1) is 0 Å². The molecule has 0 saturated carbocycles. The number of allylic oxidation sites excluding steroid dienone is 2. The fraction of sp³-hybridized carbons (Fsp3) is 0.556. The largest absolute Gasteiger partial charge is 0.158 e. The number of thioether (sulfide) groups is 1. The fourth-order valence-electron chi connectivity index (χ4n) is 0.603. The van der Waals surface area contributed by atoms with Gasteiger partial charge < -0.3 is 0 Å². The first-order valence-corrected chi connectivity index (χ1v) is 4.91. The summed E-state index contributed by atoms with van der Waals surface area (Å²) in [6.07, 6.45) is 8.78. The molecule has 0 aromatic carbocycles. The molecule has 0 aliphatic carbocycles. The normalized spacial score (nSPS) is 10.5. The molecular formula is C9H16S. The molecule has 10 heavy (non-hydrogen) atoms. The molecule has 0 aliphatic rings. The van der Waals surface area contributed by atoms with E-state index in [1.54, 1.807) is 0 Å². The lowest BCUT2D eigenvalue weighted by Crippen LogP contribution is -1.76. The first kappa shape index (κ1) is 9.83. The third-order valence-corrected chi connectivity index (χ3v) is 2.06. The average Bonchev–Trinajstić information content (AvgIpc) is 1.97. The van der Waals surface area contributed by atoms with E-state index in [-0.39, 0.29) is 0 Å². The Hall–Kier alpha value is -0.170. The second kappa shape index (κ2) is 8.83. The summed E-state index contributed by atoms with van der Waals surface area (Å²) in [7, 11) is 0. The van der Waals surface area contributed by atoms with E-state index in [0.717, 1.165) is 12.2 Å². The maximum atomic E-state index is 3.66. The van der Waals surface area contributed by atoms with E-state index in [9.17, 15) is 0 Å². The van der Waals surface area contributed by atoms with Crippen LogP contribution in [-0.4, -0.2) is 11.5 Å². The van der Waals surface area contributed by atoms with Crippen molar-refractivity contribution in [2.75, 3.05) is 11.5 Å². The zero-order valence-corrected chi connectivity index (χ0v) is 7.49. The van der Waals surface area contributed by atoms with Gasteiger partial charge in [-0.05, 0) is 18.6 Å². The standard InChI is InChI=1S/C9H16S/c1-3-5-6-7-9-10-8-4-2/h4-6H,2-3,7-9H2,1H3/b6-5+. The molecule has 0 radical (unpaired) electrons. The fourth-order valence-corrected chi connectivity index (χ4v) is 1.24. The Morgan fingerprint density at radius 3 is 2.80 bits per heavy atom. The van der Waals surface area contributed by atoms with Crippen LogP contribution in [0.15, 0.2) is 24.8 Å². The molecule has 0 saturated heterocycles. The predicted molar refractivity (Wildman–Crippen MR) is 51.6 cm³/mol. The minimum Gasteiger partial charge on any atom is -0.158 e. The molecule has 0 heterocycles. The van der Waals surface area contributed by atoms with Gasteiger partial charge in [-0.15, -0.1) is 6.58 Å². The molecule has 1 heteroatoms. The van der Waals surface area contributed by atoms with Crippen LogP contribution in [0.3, 0.4) is 0 Å². The van der Waals surface area contributed by atoms with E-state index in [4.69, 9.17) is 0 Å². The van der Waals surface area contributed by atoms with Crippen LogP contribution in [0.4, 0.5) is 0 Å². The van der Waals surface area contributed by atoms with Crippen molar-refractivity contribution in [2.24, 2.45) is 0 Å². The maximum Gasteiger partial charge on any atom is 0.0110 e. The molecule has 0 N–H and O–H groups in total. The van der Waals surface area contributed by atoms with Crippen molar-refractivity contribution in [3.05, 3.63) is 24.8 Å². The molecular weight excluding hydrogens is 140 g/mol. The van der Waals surface area contributed by atoms with Crippen LogP contribution in [0.2, 0.25) is 0 Å². The molecule has 0 aliphatic heterocycles. The lowest BCUT2D eigenvalue weighted by atomic mass is 10.4. The van der Waals surface area contributed by atoms with Gasteiger partial charge in [-0.25, -0.2) is 0 Å². The zero-order valence-electron chi connectivity index (χ0n) is 6.68. The summed E-state index contributed by atoms with van der Waals surface area (Å²) in [5, 5.41) is 0. The Kier molecular flexibility index (Phi) is 8.68. The first-order valence-electron chi connectivity index (χ1n) is 3.75. The van der Waals surface area contributed by atoms with Crippen LogP contribution in [0.1, 0.15) is 19.8 Å². The Labute approximate surface area is 68.4 Å². The molecule has 0 nitrogen and oxygen atoms in total. The maximum absolute atomic E-state index is 3.66.